The summed E-state index contributed by atoms with van der Waals surface area (Å²) in [5, 5.41) is 5.13. The van der Waals surface area contributed by atoms with E-state index in [0.717, 1.165) is 10.9 Å². The van der Waals surface area contributed by atoms with Gasteiger partial charge in [-0.3, -0.25) is 9.59 Å². The van der Waals surface area contributed by atoms with Gasteiger partial charge in [-0.2, -0.15) is 0 Å². The number of aromatic amines is 1. The first-order chi connectivity index (χ1) is 11.3. The third-order valence-electron chi connectivity index (χ3n) is 3.66. The number of anilines is 1. The third-order valence-corrected chi connectivity index (χ3v) is 5.00. The summed E-state index contributed by atoms with van der Waals surface area (Å²) in [4.78, 5) is 31.2. The molecule has 1 amide bonds. The van der Waals surface area contributed by atoms with E-state index in [0.29, 0.717) is 26.3 Å². The smallest absolute Gasteiger partial charge is 0.260 e. The van der Waals surface area contributed by atoms with Gasteiger partial charge in [-0.15, -0.1) is 0 Å². The lowest BCUT2D eigenvalue weighted by Crippen LogP contribution is -2.19. The van der Waals surface area contributed by atoms with Crippen molar-refractivity contribution in [2.45, 2.75) is 27.3 Å². The number of pyridine rings is 1. The minimum Gasteiger partial charge on any atom is -0.365 e. The van der Waals surface area contributed by atoms with Gasteiger partial charge in [-0.05, 0) is 38.1 Å². The van der Waals surface area contributed by atoms with Crippen molar-refractivity contribution in [3.05, 3.63) is 55.8 Å². The number of hydrogen-bond acceptors (Lipinski definition) is 5. The van der Waals surface area contributed by atoms with Crippen molar-refractivity contribution in [1.82, 2.24) is 9.97 Å². The van der Waals surface area contributed by atoms with Crippen LogP contribution in [0.1, 0.15) is 41.3 Å². The summed E-state index contributed by atoms with van der Waals surface area (Å²) >= 11 is 7.18. The lowest BCUT2D eigenvalue weighted by molar-refractivity contribution is 0.100. The summed E-state index contributed by atoms with van der Waals surface area (Å²) in [7, 11) is 0. The molecule has 0 spiro atoms. The molecule has 132 valence electrons. The molecule has 25 heavy (non-hydrogen) atoms. The Morgan fingerprint density at radius 1 is 1.40 bits per heavy atom. The monoisotopic (exact) mass is 378 g/mol. The van der Waals surface area contributed by atoms with Crippen LogP contribution >= 0.6 is 22.9 Å². The highest BCUT2D eigenvalue weighted by Crippen LogP contribution is 2.26. The van der Waals surface area contributed by atoms with Gasteiger partial charge in [0.1, 0.15) is 4.88 Å². The topological polar surface area (TPSA) is 101 Å². The minimum atomic E-state index is -0.510. The zero-order valence-corrected chi connectivity index (χ0v) is 14.6. The SMILES string of the molecule is C.Cc1nc(N[C@@H](C)c2cc3cc(Cl)ccc3[nH]c2=O)sc1C(N)=O. The molecule has 3 aromatic rings. The molecule has 1 aromatic carbocycles. The van der Waals surface area contributed by atoms with Crippen LogP contribution in [0.3, 0.4) is 0 Å². The number of nitrogens with two attached hydrogens (primary N) is 1. The summed E-state index contributed by atoms with van der Waals surface area (Å²) in [5.74, 6) is -0.510. The number of aromatic nitrogens is 2. The molecule has 8 heteroatoms. The number of rotatable bonds is 4. The van der Waals surface area contributed by atoms with E-state index in [1.807, 2.05) is 6.92 Å². The van der Waals surface area contributed by atoms with Gasteiger partial charge in [0.25, 0.3) is 11.5 Å². The van der Waals surface area contributed by atoms with E-state index in [4.69, 9.17) is 17.3 Å². The van der Waals surface area contributed by atoms with Gasteiger partial charge >= 0.3 is 0 Å². The predicted octanol–water partition coefficient (Wildman–Crippen LogP) is 3.85. The molecule has 0 saturated carbocycles. The molecule has 1 atom stereocenters. The number of fused-ring (bicyclic) bond motifs is 1. The van der Waals surface area contributed by atoms with Crippen molar-refractivity contribution < 1.29 is 4.79 Å². The van der Waals surface area contributed by atoms with E-state index < -0.39 is 5.91 Å². The van der Waals surface area contributed by atoms with Crippen LogP contribution in [0.15, 0.2) is 29.1 Å². The number of primary amides is 1. The molecule has 0 bridgehead atoms. The number of benzene rings is 1. The fraction of sp³-hybridized carbons (Fsp3) is 0.235. The van der Waals surface area contributed by atoms with Crippen LogP contribution < -0.4 is 16.6 Å². The molecule has 6 nitrogen and oxygen atoms in total. The van der Waals surface area contributed by atoms with Crippen LogP contribution in [-0.2, 0) is 0 Å². The maximum absolute atomic E-state index is 12.3. The highest BCUT2D eigenvalue weighted by atomic mass is 35.5. The van der Waals surface area contributed by atoms with E-state index in [1.165, 1.54) is 11.3 Å². The number of aryl methyl sites for hydroxylation is 1. The average molecular weight is 379 g/mol. The van der Waals surface area contributed by atoms with Crippen molar-refractivity contribution in [1.29, 1.82) is 0 Å². The number of amides is 1. The molecule has 0 aliphatic carbocycles. The van der Waals surface area contributed by atoms with Gasteiger partial charge in [-0.25, -0.2) is 4.98 Å². The molecule has 2 aromatic heterocycles. The van der Waals surface area contributed by atoms with Gasteiger partial charge in [-0.1, -0.05) is 30.4 Å². The fourth-order valence-electron chi connectivity index (χ4n) is 2.47. The Morgan fingerprint density at radius 3 is 2.76 bits per heavy atom. The first-order valence-electron chi connectivity index (χ1n) is 7.21. The molecule has 0 aliphatic rings. The van der Waals surface area contributed by atoms with Crippen molar-refractivity contribution in [2.24, 2.45) is 5.73 Å². The first kappa shape index (κ1) is 19.0. The second-order valence-corrected chi connectivity index (χ2v) is 6.88. The van der Waals surface area contributed by atoms with Gasteiger partial charge in [0.2, 0.25) is 0 Å². The van der Waals surface area contributed by atoms with Gasteiger partial charge in [0.05, 0.1) is 11.7 Å². The Bertz CT molecular complexity index is 996. The Kier molecular flexibility index (Phi) is 5.49. The van der Waals surface area contributed by atoms with Crippen LogP contribution in [-0.4, -0.2) is 15.9 Å². The number of hydrogen-bond donors (Lipinski definition) is 3. The Hall–Kier alpha value is -2.38. The molecular weight excluding hydrogens is 360 g/mol. The molecule has 0 fully saturated rings. The van der Waals surface area contributed by atoms with Crippen LogP contribution in [0, 0.1) is 6.92 Å². The van der Waals surface area contributed by atoms with Crippen molar-refractivity contribution in [2.75, 3.05) is 5.32 Å². The predicted molar refractivity (Wildman–Crippen MR) is 104 cm³/mol. The Morgan fingerprint density at radius 2 is 2.12 bits per heavy atom. The number of H-pyrrole nitrogens is 1. The number of carbonyl (C=O) groups is 1. The van der Waals surface area contributed by atoms with E-state index in [1.54, 1.807) is 31.2 Å². The molecule has 0 saturated heterocycles. The van der Waals surface area contributed by atoms with Crippen molar-refractivity contribution in [3.63, 3.8) is 0 Å². The van der Waals surface area contributed by atoms with Gasteiger partial charge in [0, 0.05) is 21.5 Å². The molecular formula is C17H19ClN4O2S. The summed E-state index contributed by atoms with van der Waals surface area (Å²) in [5.41, 5.74) is 6.97. The summed E-state index contributed by atoms with van der Waals surface area (Å²) in [6.07, 6.45) is 0. The number of halogens is 1. The normalized spacial score (nSPS) is 11.8. The Balaban J connectivity index is 0.00000225. The highest BCUT2D eigenvalue weighted by Gasteiger charge is 2.16. The van der Waals surface area contributed by atoms with Crippen LogP contribution in [0.5, 0.6) is 0 Å². The summed E-state index contributed by atoms with van der Waals surface area (Å²) in [6.45, 7) is 3.57. The molecule has 3 rings (SSSR count). The van der Waals surface area contributed by atoms with Crippen LogP contribution in [0.2, 0.25) is 5.02 Å². The number of thiazole rings is 1. The molecule has 0 aliphatic heterocycles. The minimum absolute atomic E-state index is 0. The van der Waals surface area contributed by atoms with E-state index >= 15 is 0 Å². The highest BCUT2D eigenvalue weighted by molar-refractivity contribution is 7.17. The zero-order valence-electron chi connectivity index (χ0n) is 13.0. The number of nitrogens with zero attached hydrogens (tertiary/aromatic N) is 1. The lowest BCUT2D eigenvalue weighted by atomic mass is 10.1. The lowest BCUT2D eigenvalue weighted by Gasteiger charge is -2.13. The average Bonchev–Trinajstić information content (AvgIpc) is 2.87. The molecule has 4 N–H and O–H groups in total. The largest absolute Gasteiger partial charge is 0.365 e. The van der Waals surface area contributed by atoms with E-state index in [2.05, 4.69) is 15.3 Å². The second kappa shape index (κ2) is 7.25. The van der Waals surface area contributed by atoms with Crippen LogP contribution in [0.25, 0.3) is 10.9 Å². The van der Waals surface area contributed by atoms with Crippen LogP contribution in [0.4, 0.5) is 5.13 Å². The van der Waals surface area contributed by atoms with E-state index in [9.17, 15) is 9.59 Å². The van der Waals surface area contributed by atoms with Gasteiger partial charge < -0.3 is 16.0 Å². The van der Waals surface area contributed by atoms with Crippen molar-refractivity contribution in [3.8, 4) is 0 Å². The first-order valence-corrected chi connectivity index (χ1v) is 8.41. The number of carbonyl (C=O) groups excluding carboxylic acids is 1. The molecule has 2 heterocycles. The fourth-order valence-corrected chi connectivity index (χ4v) is 3.55. The maximum Gasteiger partial charge on any atom is 0.260 e. The quantitative estimate of drug-likeness (QED) is 0.641. The third kappa shape index (κ3) is 3.83. The number of nitrogens with one attached hydrogen (secondary N) is 2. The molecule has 0 unspecified atom stereocenters. The summed E-state index contributed by atoms with van der Waals surface area (Å²) < 4.78 is 0. The van der Waals surface area contributed by atoms with Gasteiger partial charge in [0.15, 0.2) is 5.13 Å². The zero-order chi connectivity index (χ0) is 17.4. The molecule has 0 radical (unpaired) electrons. The summed E-state index contributed by atoms with van der Waals surface area (Å²) in [6, 6.07) is 6.79. The van der Waals surface area contributed by atoms with E-state index in [-0.39, 0.29) is 19.0 Å². The second-order valence-electron chi connectivity index (χ2n) is 5.45. The van der Waals surface area contributed by atoms with Crippen molar-refractivity contribution >= 4 is 44.9 Å². The Labute approximate surface area is 154 Å². The maximum atomic E-state index is 12.3. The standard InChI is InChI=1S/C16H15ClN4O2S.CH4/c1-7(19-16-20-8(2)13(24-16)14(18)22)11-6-9-5-10(17)3-4-12(9)21-15(11)23;/h3-7H,1-2H3,(H2,18,22)(H,19,20)(H,21,23);1H4/t7-;/m0./s1.